The van der Waals surface area contributed by atoms with Gasteiger partial charge in [0.25, 0.3) is 8.32 Å². The molecule has 2 aromatic carbocycles. The number of hydrogen-bond acceptors (Lipinski definition) is 5. The quantitative estimate of drug-likeness (QED) is 0.157. The van der Waals surface area contributed by atoms with E-state index in [1.54, 1.807) is 5.57 Å². The minimum absolute atomic E-state index is 0.0105. The van der Waals surface area contributed by atoms with Gasteiger partial charge < -0.3 is 18.7 Å². The molecular weight excluding hydrogens is 689 g/mol. The Bertz CT molecular complexity index is 1600. The lowest BCUT2D eigenvalue weighted by Gasteiger charge is -2.60. The Morgan fingerprint density at radius 1 is 0.868 bits per heavy atom. The fourth-order valence-corrected chi connectivity index (χ4v) is 17.6. The van der Waals surface area contributed by atoms with E-state index in [2.05, 4.69) is 135 Å². The first-order chi connectivity index (χ1) is 24.7. The molecule has 0 amide bonds. The van der Waals surface area contributed by atoms with E-state index < -0.39 is 39.7 Å². The number of fused-ring (bicyclic) bond motifs is 5. The van der Waals surface area contributed by atoms with Crippen molar-refractivity contribution in [2.24, 2.45) is 34.5 Å². The predicted molar refractivity (Wildman–Crippen MR) is 222 cm³/mol. The van der Waals surface area contributed by atoms with E-state index in [9.17, 15) is 9.90 Å². The van der Waals surface area contributed by atoms with E-state index in [0.717, 1.165) is 44.9 Å². The van der Waals surface area contributed by atoms with Crippen LogP contribution in [-0.2, 0) is 18.4 Å². The van der Waals surface area contributed by atoms with Crippen LogP contribution in [0, 0.1) is 34.5 Å². The summed E-state index contributed by atoms with van der Waals surface area (Å²) in [6.45, 7) is 27.4. The van der Waals surface area contributed by atoms with E-state index in [1.807, 2.05) is 13.8 Å². The minimum atomic E-state index is -2.67. The number of esters is 1. The molecule has 4 aliphatic rings. The molecule has 0 radical (unpaired) electrons. The van der Waals surface area contributed by atoms with Crippen molar-refractivity contribution in [2.45, 2.75) is 155 Å². The molecule has 0 bridgehead atoms. The summed E-state index contributed by atoms with van der Waals surface area (Å²) < 4.78 is 20.5. The van der Waals surface area contributed by atoms with Crippen LogP contribution in [0.4, 0.5) is 0 Å². The molecular formula is C46H70O5Si2. The maximum absolute atomic E-state index is 13.5. The Balaban J connectivity index is 1.33. The topological polar surface area (TPSA) is 65.0 Å². The van der Waals surface area contributed by atoms with Gasteiger partial charge in [-0.2, -0.15) is 0 Å². The van der Waals surface area contributed by atoms with Gasteiger partial charge in [0.05, 0.1) is 18.6 Å². The van der Waals surface area contributed by atoms with E-state index in [0.29, 0.717) is 18.4 Å². The van der Waals surface area contributed by atoms with Gasteiger partial charge in [-0.05, 0) is 116 Å². The van der Waals surface area contributed by atoms with Crippen LogP contribution < -0.4 is 10.4 Å². The molecule has 3 fully saturated rings. The Morgan fingerprint density at radius 2 is 1.45 bits per heavy atom. The molecule has 5 nitrogen and oxygen atoms in total. The standard InChI is InChI=1S/C46H70O5Si2/c1-13-49-41(47)32(2)46(48)40(51-52(11,12)42(3,4)5)31-39-37-25-24-33-30-34(26-28-44(33,9)38(37)27-29-45(39,46)10)50-53(43(6,7)8,35-20-16-14-17-21-35)36-22-18-15-19-23-36/h14-24,32,34,37-40,48H,13,25-31H2,1-12H3/t32-,34-,37+,38-,39-,40+,44-,45-,46+/m0/s1. The zero-order valence-electron chi connectivity index (χ0n) is 35.1. The van der Waals surface area contributed by atoms with Gasteiger partial charge in [-0.3, -0.25) is 4.79 Å². The van der Waals surface area contributed by atoms with Crippen LogP contribution >= 0.6 is 0 Å². The molecule has 292 valence electrons. The zero-order valence-corrected chi connectivity index (χ0v) is 37.1. The van der Waals surface area contributed by atoms with Gasteiger partial charge in [-0.1, -0.05) is 128 Å². The summed E-state index contributed by atoms with van der Waals surface area (Å²) in [6.07, 6.45) is 9.24. The fourth-order valence-electron chi connectivity index (χ4n) is 11.6. The van der Waals surface area contributed by atoms with Crippen LogP contribution in [-0.4, -0.2) is 52.1 Å². The number of allylic oxidation sites excluding steroid dienone is 1. The van der Waals surface area contributed by atoms with Gasteiger partial charge in [-0.25, -0.2) is 0 Å². The number of ether oxygens (including phenoxy) is 1. The first-order valence-electron chi connectivity index (χ1n) is 20.7. The molecule has 0 aliphatic heterocycles. The second kappa shape index (κ2) is 14.2. The Kier molecular flexibility index (Phi) is 10.9. The van der Waals surface area contributed by atoms with Gasteiger partial charge in [-0.15, -0.1) is 0 Å². The summed E-state index contributed by atoms with van der Waals surface area (Å²) >= 11 is 0. The van der Waals surface area contributed by atoms with E-state index in [4.69, 9.17) is 13.6 Å². The molecule has 0 aromatic heterocycles. The monoisotopic (exact) mass is 758 g/mol. The molecule has 53 heavy (non-hydrogen) atoms. The Labute approximate surface area is 323 Å². The lowest BCUT2D eigenvalue weighted by atomic mass is 9.46. The first-order valence-corrected chi connectivity index (χ1v) is 25.5. The van der Waals surface area contributed by atoms with Gasteiger partial charge >= 0.3 is 5.97 Å². The Hall–Kier alpha value is -2.04. The minimum Gasteiger partial charge on any atom is -0.466 e. The maximum Gasteiger partial charge on any atom is 0.311 e. The first kappa shape index (κ1) is 40.6. The summed E-state index contributed by atoms with van der Waals surface area (Å²) in [5.41, 5.74) is -0.0626. The average Bonchev–Trinajstić information content (AvgIpc) is 3.32. The van der Waals surface area contributed by atoms with Crippen LogP contribution in [0.2, 0.25) is 23.2 Å². The fraction of sp³-hybridized carbons (Fsp3) is 0.674. The van der Waals surface area contributed by atoms with Gasteiger partial charge in [0.15, 0.2) is 8.32 Å². The summed E-state index contributed by atoms with van der Waals surface area (Å²) in [6, 6.07) is 22.1. The second-order valence-corrected chi connectivity index (χ2v) is 29.3. The van der Waals surface area contributed by atoms with Crippen LogP contribution in [0.25, 0.3) is 0 Å². The molecule has 3 saturated carbocycles. The number of aliphatic hydroxyl groups is 1. The number of benzene rings is 2. The molecule has 0 spiro atoms. The van der Waals surface area contributed by atoms with Crippen LogP contribution in [0.3, 0.4) is 0 Å². The lowest BCUT2D eigenvalue weighted by molar-refractivity contribution is -0.194. The molecule has 1 N–H and O–H groups in total. The van der Waals surface area contributed by atoms with Crippen molar-refractivity contribution in [1.82, 2.24) is 0 Å². The molecule has 0 saturated heterocycles. The van der Waals surface area contributed by atoms with Crippen molar-refractivity contribution < 1.29 is 23.5 Å². The van der Waals surface area contributed by atoms with Crippen molar-refractivity contribution in [2.75, 3.05) is 6.61 Å². The largest absolute Gasteiger partial charge is 0.466 e. The molecule has 0 unspecified atom stereocenters. The molecule has 4 aliphatic carbocycles. The third kappa shape index (κ3) is 6.50. The van der Waals surface area contributed by atoms with E-state index in [1.165, 1.54) is 10.4 Å². The number of carbonyl (C=O) groups is 1. The van der Waals surface area contributed by atoms with Gasteiger partial charge in [0.1, 0.15) is 5.60 Å². The molecule has 6 rings (SSSR count). The Morgan fingerprint density at radius 3 is 1.98 bits per heavy atom. The highest BCUT2D eigenvalue weighted by Gasteiger charge is 2.71. The van der Waals surface area contributed by atoms with E-state index >= 15 is 0 Å². The van der Waals surface area contributed by atoms with Crippen molar-refractivity contribution in [3.05, 3.63) is 72.3 Å². The lowest BCUT2D eigenvalue weighted by Crippen LogP contribution is -2.68. The summed E-state index contributed by atoms with van der Waals surface area (Å²) in [5, 5.41) is 15.8. The normalized spacial score (nSPS) is 34.0. The smallest absolute Gasteiger partial charge is 0.311 e. The van der Waals surface area contributed by atoms with Crippen LogP contribution in [0.5, 0.6) is 0 Å². The van der Waals surface area contributed by atoms with Crippen LogP contribution in [0.15, 0.2) is 72.3 Å². The highest BCUT2D eigenvalue weighted by atomic mass is 28.4. The molecule has 2 aromatic rings. The highest BCUT2D eigenvalue weighted by Crippen LogP contribution is 2.69. The van der Waals surface area contributed by atoms with Gasteiger partial charge in [0.2, 0.25) is 0 Å². The second-order valence-electron chi connectivity index (χ2n) is 20.3. The summed E-state index contributed by atoms with van der Waals surface area (Å²) in [4.78, 5) is 13.5. The number of carbonyl (C=O) groups excluding carboxylic acids is 1. The maximum atomic E-state index is 13.5. The van der Waals surface area contributed by atoms with Crippen molar-refractivity contribution in [1.29, 1.82) is 0 Å². The van der Waals surface area contributed by atoms with Crippen molar-refractivity contribution in [3.8, 4) is 0 Å². The predicted octanol–water partition coefficient (Wildman–Crippen LogP) is 9.83. The third-order valence-electron chi connectivity index (χ3n) is 15.6. The zero-order chi connectivity index (χ0) is 38.8. The summed E-state index contributed by atoms with van der Waals surface area (Å²) in [7, 11) is -4.93. The number of rotatable bonds is 9. The third-order valence-corrected chi connectivity index (χ3v) is 25.2. The molecule has 0 heterocycles. The van der Waals surface area contributed by atoms with Gasteiger partial charge in [0, 0.05) is 11.5 Å². The summed E-state index contributed by atoms with van der Waals surface area (Å²) in [5.74, 6) is 0.260. The van der Waals surface area contributed by atoms with Crippen LogP contribution in [0.1, 0.15) is 114 Å². The number of hydrogen-bond donors (Lipinski definition) is 1. The average molecular weight is 759 g/mol. The highest BCUT2D eigenvalue weighted by molar-refractivity contribution is 6.99. The van der Waals surface area contributed by atoms with Crippen molar-refractivity contribution >= 4 is 33.0 Å². The van der Waals surface area contributed by atoms with E-state index in [-0.39, 0.29) is 33.5 Å². The molecule has 9 atom stereocenters. The SMILES string of the molecule is CCOC(=O)[C@H](C)[C@@]1(O)[C@H](O[Si](C)(C)C(C)(C)C)C[C@H]2[C@@H]3CC=C4C[C@@H](O[Si](c5ccccc5)(c5ccccc5)C(C)(C)C)CC[C@]4(C)[C@H]3CC[C@@]21C. The molecule has 7 heteroatoms. The van der Waals surface area contributed by atoms with Crippen molar-refractivity contribution in [3.63, 3.8) is 0 Å².